The van der Waals surface area contributed by atoms with Gasteiger partial charge in [-0.05, 0) is 38.0 Å². The molecule has 1 atom stereocenters. The van der Waals surface area contributed by atoms with Crippen LogP contribution in [0.15, 0.2) is 27.6 Å². The van der Waals surface area contributed by atoms with Crippen LogP contribution in [0.1, 0.15) is 42.5 Å². The summed E-state index contributed by atoms with van der Waals surface area (Å²) in [6.07, 6.45) is 1.77. The summed E-state index contributed by atoms with van der Waals surface area (Å²) in [4.78, 5) is -0.281. The quantitative estimate of drug-likeness (QED) is 0.875. The molecule has 0 radical (unpaired) electrons. The minimum atomic E-state index is -3.55. The minimum absolute atomic E-state index is 0.142. The molecule has 0 saturated carbocycles. The lowest BCUT2D eigenvalue weighted by Gasteiger charge is -2.15. The number of halogens is 1. The largest absolute Gasteiger partial charge is 0.361 e. The van der Waals surface area contributed by atoms with E-state index in [1.165, 1.54) is 12.1 Å². The fraction of sp³-hybridized carbons (Fsp3) is 0.438. The first-order valence-electron chi connectivity index (χ1n) is 7.41. The van der Waals surface area contributed by atoms with Gasteiger partial charge in [0.2, 0.25) is 0 Å². The first-order valence-corrected chi connectivity index (χ1v) is 9.30. The van der Waals surface area contributed by atoms with Gasteiger partial charge in [0.05, 0.1) is 5.69 Å². The lowest BCUT2D eigenvalue weighted by atomic mass is 10.1. The van der Waals surface area contributed by atoms with Gasteiger partial charge in [-0.25, -0.2) is 12.8 Å². The van der Waals surface area contributed by atoms with Crippen molar-refractivity contribution < 1.29 is 17.3 Å². The molecule has 1 heterocycles. The van der Waals surface area contributed by atoms with Crippen LogP contribution in [0.5, 0.6) is 0 Å². The van der Waals surface area contributed by atoms with E-state index in [4.69, 9.17) is 4.52 Å². The van der Waals surface area contributed by atoms with Crippen LogP contribution >= 0.6 is 0 Å². The topological polar surface area (TPSA) is 72.2 Å². The molecule has 5 nitrogen and oxygen atoms in total. The molecule has 126 valence electrons. The molecule has 7 heteroatoms. The number of benzene rings is 1. The number of aromatic nitrogens is 1. The Kier molecular flexibility index (Phi) is 5.21. The van der Waals surface area contributed by atoms with Crippen molar-refractivity contribution in [1.29, 1.82) is 0 Å². The molecular weight excluding hydrogens is 319 g/mol. The Morgan fingerprint density at radius 3 is 2.65 bits per heavy atom. The van der Waals surface area contributed by atoms with Crippen LogP contribution in [0.25, 0.3) is 0 Å². The number of nitrogens with one attached hydrogen (secondary N) is 1. The van der Waals surface area contributed by atoms with Crippen LogP contribution in [0.4, 0.5) is 4.39 Å². The summed E-state index contributed by atoms with van der Waals surface area (Å²) in [5.41, 5.74) is 2.59. The van der Waals surface area contributed by atoms with E-state index in [0.717, 1.165) is 29.7 Å². The number of aryl methyl sites for hydroxylation is 2. The number of hydrogen-bond donors (Lipinski definition) is 1. The predicted octanol–water partition coefficient (Wildman–Crippen LogP) is 2.94. The summed E-state index contributed by atoms with van der Waals surface area (Å²) in [5.74, 6) is 0.0363. The van der Waals surface area contributed by atoms with Gasteiger partial charge < -0.3 is 9.84 Å². The van der Waals surface area contributed by atoms with Crippen molar-refractivity contribution in [2.45, 2.75) is 44.7 Å². The summed E-state index contributed by atoms with van der Waals surface area (Å²) in [5, 5.41) is 7.28. The van der Waals surface area contributed by atoms with Crippen LogP contribution in [0.3, 0.4) is 0 Å². The molecule has 0 bridgehead atoms. The van der Waals surface area contributed by atoms with Gasteiger partial charge in [-0.15, -0.1) is 0 Å². The van der Waals surface area contributed by atoms with E-state index in [1.807, 2.05) is 20.8 Å². The molecule has 2 rings (SSSR count). The Balaban J connectivity index is 2.14. The Morgan fingerprint density at radius 2 is 2.09 bits per heavy atom. The van der Waals surface area contributed by atoms with E-state index in [0.29, 0.717) is 12.1 Å². The molecule has 1 aromatic heterocycles. The van der Waals surface area contributed by atoms with Gasteiger partial charge in [-0.3, -0.25) is 0 Å². The first-order chi connectivity index (χ1) is 10.7. The maximum atomic E-state index is 14.0. The van der Waals surface area contributed by atoms with E-state index in [2.05, 4.69) is 10.5 Å². The standard InChI is InChI=1S/C16H21FN2O3S/c1-5-15-13(11(3)22-19-15)9-18-10(2)12-6-7-16(14(17)8-12)23(4,20)21/h6-8,10,18H,5,9H2,1-4H3/t10-/m0/s1. The van der Waals surface area contributed by atoms with Crippen molar-refractivity contribution in [3.63, 3.8) is 0 Å². The Hall–Kier alpha value is -1.73. The van der Waals surface area contributed by atoms with Crippen LogP contribution in [0, 0.1) is 12.7 Å². The van der Waals surface area contributed by atoms with Crippen molar-refractivity contribution >= 4 is 9.84 Å². The normalized spacial score (nSPS) is 13.3. The second kappa shape index (κ2) is 6.80. The van der Waals surface area contributed by atoms with Gasteiger partial charge in [0.25, 0.3) is 0 Å². The molecule has 0 saturated heterocycles. The summed E-state index contributed by atoms with van der Waals surface area (Å²) in [7, 11) is -3.55. The molecule has 0 spiro atoms. The third kappa shape index (κ3) is 3.97. The number of rotatable bonds is 6. The van der Waals surface area contributed by atoms with Crippen LogP contribution in [-0.2, 0) is 22.8 Å². The fourth-order valence-corrected chi connectivity index (χ4v) is 3.13. The number of hydrogen-bond acceptors (Lipinski definition) is 5. The van der Waals surface area contributed by atoms with Crippen molar-refractivity contribution in [3.8, 4) is 0 Å². The molecule has 0 aliphatic rings. The summed E-state index contributed by atoms with van der Waals surface area (Å²) < 4.78 is 42.1. The first kappa shape index (κ1) is 17.6. The van der Waals surface area contributed by atoms with E-state index in [9.17, 15) is 12.8 Å². The SMILES string of the molecule is CCc1noc(C)c1CN[C@@H](C)c1ccc(S(C)(=O)=O)c(F)c1. The Labute approximate surface area is 135 Å². The fourth-order valence-electron chi connectivity index (χ4n) is 2.40. The van der Waals surface area contributed by atoms with E-state index in [-0.39, 0.29) is 10.9 Å². The van der Waals surface area contributed by atoms with Crippen LogP contribution in [-0.4, -0.2) is 19.8 Å². The molecule has 0 unspecified atom stereocenters. The highest BCUT2D eigenvalue weighted by molar-refractivity contribution is 7.90. The van der Waals surface area contributed by atoms with Crippen molar-refractivity contribution in [3.05, 3.63) is 46.6 Å². The molecule has 1 aromatic carbocycles. The van der Waals surface area contributed by atoms with Gasteiger partial charge >= 0.3 is 0 Å². The Bertz CT molecular complexity index is 800. The van der Waals surface area contributed by atoms with Crippen LogP contribution < -0.4 is 5.32 Å². The number of nitrogens with zero attached hydrogens (tertiary/aromatic N) is 1. The molecular formula is C16H21FN2O3S. The van der Waals surface area contributed by atoms with E-state index >= 15 is 0 Å². The Morgan fingerprint density at radius 1 is 1.39 bits per heavy atom. The highest BCUT2D eigenvalue weighted by Crippen LogP contribution is 2.21. The van der Waals surface area contributed by atoms with Gasteiger partial charge in [-0.2, -0.15) is 0 Å². The average Bonchev–Trinajstić information content (AvgIpc) is 2.83. The number of sulfone groups is 1. The molecule has 2 aromatic rings. The average molecular weight is 340 g/mol. The smallest absolute Gasteiger partial charge is 0.178 e. The summed E-state index contributed by atoms with van der Waals surface area (Å²) in [6, 6.07) is 4.05. The van der Waals surface area contributed by atoms with Crippen molar-refractivity contribution in [2.24, 2.45) is 0 Å². The van der Waals surface area contributed by atoms with Gasteiger partial charge in [0.15, 0.2) is 9.84 Å². The summed E-state index contributed by atoms with van der Waals surface area (Å²) in [6.45, 7) is 6.30. The van der Waals surface area contributed by atoms with Gasteiger partial charge in [0.1, 0.15) is 16.5 Å². The zero-order valence-corrected chi connectivity index (χ0v) is 14.5. The van der Waals surface area contributed by atoms with Crippen LogP contribution in [0.2, 0.25) is 0 Å². The van der Waals surface area contributed by atoms with E-state index in [1.54, 1.807) is 6.07 Å². The predicted molar refractivity (Wildman–Crippen MR) is 85.4 cm³/mol. The molecule has 0 aliphatic heterocycles. The zero-order valence-electron chi connectivity index (χ0n) is 13.7. The maximum Gasteiger partial charge on any atom is 0.178 e. The second-order valence-corrected chi connectivity index (χ2v) is 7.57. The summed E-state index contributed by atoms with van der Waals surface area (Å²) >= 11 is 0. The third-order valence-electron chi connectivity index (χ3n) is 3.84. The van der Waals surface area contributed by atoms with Gasteiger partial charge in [-0.1, -0.05) is 18.1 Å². The lowest BCUT2D eigenvalue weighted by molar-refractivity contribution is 0.389. The lowest BCUT2D eigenvalue weighted by Crippen LogP contribution is -2.19. The minimum Gasteiger partial charge on any atom is -0.361 e. The molecule has 0 aliphatic carbocycles. The molecule has 0 amide bonds. The van der Waals surface area contributed by atoms with Crippen molar-refractivity contribution in [2.75, 3.05) is 6.26 Å². The second-order valence-electron chi connectivity index (χ2n) is 5.58. The third-order valence-corrected chi connectivity index (χ3v) is 4.97. The maximum absolute atomic E-state index is 14.0. The highest BCUT2D eigenvalue weighted by atomic mass is 32.2. The highest BCUT2D eigenvalue weighted by Gasteiger charge is 2.17. The van der Waals surface area contributed by atoms with Crippen molar-refractivity contribution in [1.82, 2.24) is 10.5 Å². The zero-order chi connectivity index (χ0) is 17.2. The molecule has 23 heavy (non-hydrogen) atoms. The molecule has 0 fully saturated rings. The van der Waals surface area contributed by atoms with E-state index < -0.39 is 15.7 Å². The monoisotopic (exact) mass is 340 g/mol. The molecule has 1 N–H and O–H groups in total. The van der Waals surface area contributed by atoms with Gasteiger partial charge in [0, 0.05) is 24.4 Å².